The maximum absolute atomic E-state index is 13.1. The summed E-state index contributed by atoms with van der Waals surface area (Å²) in [5, 5.41) is 13.1. The van der Waals surface area contributed by atoms with Gasteiger partial charge in [0.25, 0.3) is 10.0 Å². The molecule has 1 heterocycles. The first-order valence-electron chi connectivity index (χ1n) is 8.89. The molecule has 0 radical (unpaired) electrons. The highest BCUT2D eigenvalue weighted by atomic mass is 32.2. The summed E-state index contributed by atoms with van der Waals surface area (Å²) in [6.45, 7) is 0. The van der Waals surface area contributed by atoms with Gasteiger partial charge in [-0.25, -0.2) is 22.7 Å². The van der Waals surface area contributed by atoms with E-state index in [0.29, 0.717) is 0 Å². The van der Waals surface area contributed by atoms with E-state index >= 15 is 0 Å². The Hall–Kier alpha value is -4.37. The van der Waals surface area contributed by atoms with Crippen molar-refractivity contribution in [1.82, 2.24) is 9.78 Å². The van der Waals surface area contributed by atoms with Crippen LogP contribution in [0.4, 0.5) is 11.5 Å². The number of aromatic nitrogens is 2. The molecule has 11 nitrogen and oxygen atoms in total. The lowest BCUT2D eigenvalue weighted by molar-refractivity contribution is 0.0598. The third-order valence-electron chi connectivity index (χ3n) is 4.36. The molecule has 0 aliphatic carbocycles. The van der Waals surface area contributed by atoms with Gasteiger partial charge in [-0.1, -0.05) is 12.1 Å². The minimum atomic E-state index is -4.30. The number of hydrogen-bond acceptors (Lipinski definition) is 9. The van der Waals surface area contributed by atoms with Crippen molar-refractivity contribution in [3.8, 4) is 11.8 Å². The number of nitrogen functional groups attached to an aromatic ring is 1. The fraction of sp³-hybridized carbons (Fsp3) is 0.100. The number of esters is 2. The molecule has 3 rings (SSSR count). The second-order valence-electron chi connectivity index (χ2n) is 6.32. The number of anilines is 2. The number of carbonyl (C=O) groups excluding carboxylic acids is 2. The highest BCUT2D eigenvalue weighted by Gasteiger charge is 2.23. The fourth-order valence-electron chi connectivity index (χ4n) is 2.81. The molecular formula is C20H17N5O6S. The summed E-state index contributed by atoms with van der Waals surface area (Å²) in [4.78, 5) is 23.6. The predicted molar refractivity (Wildman–Crippen MR) is 113 cm³/mol. The third kappa shape index (κ3) is 4.23. The van der Waals surface area contributed by atoms with Crippen molar-refractivity contribution < 1.29 is 27.5 Å². The summed E-state index contributed by atoms with van der Waals surface area (Å²) in [7, 11) is -2.05. The van der Waals surface area contributed by atoms with Crippen LogP contribution in [0.2, 0.25) is 0 Å². The van der Waals surface area contributed by atoms with E-state index in [0.717, 1.165) is 26.4 Å². The van der Waals surface area contributed by atoms with Crippen LogP contribution in [0.1, 0.15) is 26.3 Å². The van der Waals surface area contributed by atoms with Gasteiger partial charge in [0.05, 0.1) is 47.8 Å². The van der Waals surface area contributed by atoms with E-state index in [-0.39, 0.29) is 38.8 Å². The number of nitrogens with two attached hydrogens (primary N) is 1. The van der Waals surface area contributed by atoms with Crippen molar-refractivity contribution in [1.29, 1.82) is 5.26 Å². The Balaban J connectivity index is 2.09. The molecule has 32 heavy (non-hydrogen) atoms. The standard InChI is InChI=1S/C20H17N5O6S/c1-30-19(26)12-7-13(20(27)31-2)9-15(8-12)32(28,29)24-16-5-3-4-6-17(16)25-18(22)14(10-21)11-23-25/h3-9,11,24H,22H2,1-2H3. The molecule has 0 fully saturated rings. The van der Waals surface area contributed by atoms with E-state index < -0.39 is 22.0 Å². The van der Waals surface area contributed by atoms with Gasteiger partial charge in [-0.05, 0) is 30.3 Å². The number of methoxy groups -OCH3 is 2. The van der Waals surface area contributed by atoms with Gasteiger partial charge in [0.15, 0.2) is 0 Å². The lowest BCUT2D eigenvalue weighted by atomic mass is 10.1. The Morgan fingerprint density at radius 2 is 1.69 bits per heavy atom. The maximum Gasteiger partial charge on any atom is 0.337 e. The van der Waals surface area contributed by atoms with E-state index in [1.165, 1.54) is 23.0 Å². The molecule has 3 N–H and O–H groups in total. The number of carbonyl (C=O) groups is 2. The van der Waals surface area contributed by atoms with Crippen molar-refractivity contribution >= 4 is 33.5 Å². The topological polar surface area (TPSA) is 166 Å². The minimum absolute atomic E-state index is 0.0276. The first kappa shape index (κ1) is 22.3. The normalized spacial score (nSPS) is 10.8. The zero-order valence-corrected chi connectivity index (χ0v) is 17.7. The molecule has 12 heteroatoms. The van der Waals surface area contributed by atoms with Crippen LogP contribution in [0, 0.1) is 11.3 Å². The van der Waals surface area contributed by atoms with Crippen LogP contribution < -0.4 is 10.5 Å². The lowest BCUT2D eigenvalue weighted by Gasteiger charge is -2.14. The first-order valence-corrected chi connectivity index (χ1v) is 10.4. The van der Waals surface area contributed by atoms with E-state index in [1.54, 1.807) is 18.2 Å². The Bertz CT molecular complexity index is 1320. The second kappa shape index (κ2) is 8.78. The Labute approximate surface area is 183 Å². The molecule has 0 spiro atoms. The smallest absolute Gasteiger partial charge is 0.337 e. The molecule has 0 bridgehead atoms. The summed E-state index contributed by atoms with van der Waals surface area (Å²) in [5.41, 5.74) is 6.09. The van der Waals surface area contributed by atoms with Gasteiger partial charge in [0, 0.05) is 0 Å². The Morgan fingerprint density at radius 3 is 2.22 bits per heavy atom. The molecule has 0 saturated carbocycles. The van der Waals surface area contributed by atoms with Crippen LogP contribution in [0.25, 0.3) is 5.69 Å². The second-order valence-corrected chi connectivity index (χ2v) is 8.00. The summed E-state index contributed by atoms with van der Waals surface area (Å²) < 4.78 is 39.1. The minimum Gasteiger partial charge on any atom is -0.465 e. The monoisotopic (exact) mass is 455 g/mol. The molecule has 3 aromatic rings. The van der Waals surface area contributed by atoms with Gasteiger partial charge in [-0.15, -0.1) is 0 Å². The van der Waals surface area contributed by atoms with Gasteiger partial charge in [-0.3, -0.25) is 4.72 Å². The summed E-state index contributed by atoms with van der Waals surface area (Å²) in [6, 6.07) is 11.4. The molecule has 0 atom stereocenters. The van der Waals surface area contributed by atoms with Crippen LogP contribution >= 0.6 is 0 Å². The van der Waals surface area contributed by atoms with Crippen LogP contribution in [-0.4, -0.2) is 44.4 Å². The number of benzene rings is 2. The number of para-hydroxylation sites is 2. The molecule has 164 valence electrons. The number of nitriles is 1. The van der Waals surface area contributed by atoms with Crippen molar-refractivity contribution in [3.05, 3.63) is 65.4 Å². The molecule has 0 unspecified atom stereocenters. The quantitative estimate of drug-likeness (QED) is 0.526. The van der Waals surface area contributed by atoms with Gasteiger partial charge >= 0.3 is 11.9 Å². The number of sulfonamides is 1. The van der Waals surface area contributed by atoms with E-state index in [9.17, 15) is 18.0 Å². The Kier molecular flexibility index (Phi) is 6.13. The summed E-state index contributed by atoms with van der Waals surface area (Å²) in [5.74, 6) is -1.64. The van der Waals surface area contributed by atoms with E-state index in [1.807, 2.05) is 6.07 Å². The lowest BCUT2D eigenvalue weighted by Crippen LogP contribution is -2.17. The molecule has 0 aliphatic rings. The van der Waals surface area contributed by atoms with Crippen molar-refractivity contribution in [2.45, 2.75) is 4.90 Å². The van der Waals surface area contributed by atoms with Gasteiger partial charge < -0.3 is 15.2 Å². The number of nitrogens with one attached hydrogen (secondary N) is 1. The maximum atomic E-state index is 13.1. The van der Waals surface area contributed by atoms with Gasteiger partial charge in [-0.2, -0.15) is 10.4 Å². The number of nitrogens with zero attached hydrogens (tertiary/aromatic N) is 3. The molecule has 1 aromatic heterocycles. The third-order valence-corrected chi connectivity index (χ3v) is 5.71. The molecule has 0 amide bonds. The van der Waals surface area contributed by atoms with Crippen molar-refractivity contribution in [2.24, 2.45) is 0 Å². The molecule has 2 aromatic carbocycles. The van der Waals surface area contributed by atoms with Crippen molar-refractivity contribution in [3.63, 3.8) is 0 Å². The van der Waals surface area contributed by atoms with Crippen LogP contribution in [-0.2, 0) is 19.5 Å². The predicted octanol–water partition coefficient (Wildman–Crippen LogP) is 1.70. The zero-order valence-electron chi connectivity index (χ0n) is 16.9. The molecule has 0 aliphatic heterocycles. The van der Waals surface area contributed by atoms with Crippen LogP contribution in [0.15, 0.2) is 53.6 Å². The van der Waals surface area contributed by atoms with Gasteiger partial charge in [0.1, 0.15) is 17.5 Å². The van der Waals surface area contributed by atoms with Crippen LogP contribution in [0.5, 0.6) is 0 Å². The summed E-state index contributed by atoms with van der Waals surface area (Å²) >= 11 is 0. The van der Waals surface area contributed by atoms with E-state index in [2.05, 4.69) is 19.3 Å². The summed E-state index contributed by atoms with van der Waals surface area (Å²) in [6.07, 6.45) is 1.25. The average Bonchev–Trinajstić information content (AvgIpc) is 3.17. The SMILES string of the molecule is COC(=O)c1cc(C(=O)OC)cc(S(=O)(=O)Nc2ccccc2-n2ncc(C#N)c2N)c1. The van der Waals surface area contributed by atoms with E-state index in [4.69, 9.17) is 11.0 Å². The fourth-order valence-corrected chi connectivity index (χ4v) is 3.95. The molecular weight excluding hydrogens is 438 g/mol. The van der Waals surface area contributed by atoms with Gasteiger partial charge in [0.2, 0.25) is 0 Å². The number of hydrogen-bond donors (Lipinski definition) is 2. The highest BCUT2D eigenvalue weighted by Crippen LogP contribution is 2.27. The number of rotatable bonds is 6. The van der Waals surface area contributed by atoms with Crippen molar-refractivity contribution in [2.75, 3.05) is 24.7 Å². The number of ether oxygens (including phenoxy) is 2. The molecule has 0 saturated heterocycles. The average molecular weight is 455 g/mol. The Morgan fingerprint density at radius 1 is 1.09 bits per heavy atom. The zero-order chi connectivity index (χ0) is 23.5. The van der Waals surface area contributed by atoms with Crippen LogP contribution in [0.3, 0.4) is 0 Å². The largest absolute Gasteiger partial charge is 0.465 e. The first-order chi connectivity index (χ1) is 15.2. The highest BCUT2D eigenvalue weighted by molar-refractivity contribution is 7.92.